The van der Waals surface area contributed by atoms with Gasteiger partial charge in [-0.15, -0.1) is 0 Å². The van der Waals surface area contributed by atoms with E-state index in [1.54, 1.807) is 0 Å². The second kappa shape index (κ2) is 9.38. The van der Waals surface area contributed by atoms with E-state index in [-0.39, 0.29) is 11.8 Å². The van der Waals surface area contributed by atoms with Crippen molar-refractivity contribution in [2.45, 2.75) is 39.2 Å². The first-order valence-electron chi connectivity index (χ1n) is 10.0. The summed E-state index contributed by atoms with van der Waals surface area (Å²) in [6.45, 7) is 9.16. The molecule has 0 saturated carbocycles. The van der Waals surface area contributed by atoms with Gasteiger partial charge in [-0.25, -0.2) is 0 Å². The third kappa shape index (κ3) is 4.57. The molecule has 2 heterocycles. The lowest BCUT2D eigenvalue weighted by Gasteiger charge is -2.39. The third-order valence-electron chi connectivity index (χ3n) is 5.84. The van der Waals surface area contributed by atoms with E-state index in [1.165, 1.54) is 0 Å². The van der Waals surface area contributed by atoms with Gasteiger partial charge in [0.1, 0.15) is 12.4 Å². The Hall–Kier alpha value is -1.59. The van der Waals surface area contributed by atoms with E-state index in [0.717, 1.165) is 56.9 Å². The van der Waals surface area contributed by atoms with Gasteiger partial charge in [0.2, 0.25) is 5.91 Å². The van der Waals surface area contributed by atoms with Crippen molar-refractivity contribution in [2.24, 2.45) is 11.8 Å². The van der Waals surface area contributed by atoms with Crippen LogP contribution in [0.3, 0.4) is 0 Å². The van der Waals surface area contributed by atoms with Crippen LogP contribution >= 0.6 is 0 Å². The summed E-state index contributed by atoms with van der Waals surface area (Å²) in [5, 5.41) is 3.23. The molecule has 1 aromatic carbocycles. The molecular formula is C21H32N2O3. The summed E-state index contributed by atoms with van der Waals surface area (Å²) < 4.78 is 11.3. The Bertz CT molecular complexity index is 582. The molecule has 0 unspecified atom stereocenters. The molecule has 26 heavy (non-hydrogen) atoms. The van der Waals surface area contributed by atoms with Gasteiger partial charge in [0.15, 0.2) is 0 Å². The normalized spacial score (nSPS) is 21.7. The van der Waals surface area contributed by atoms with E-state index in [1.807, 2.05) is 18.2 Å². The molecule has 0 aliphatic carbocycles. The van der Waals surface area contributed by atoms with Gasteiger partial charge in [-0.3, -0.25) is 9.69 Å². The number of ether oxygens (including phenoxy) is 2. The van der Waals surface area contributed by atoms with Crippen molar-refractivity contribution in [1.29, 1.82) is 0 Å². The summed E-state index contributed by atoms with van der Waals surface area (Å²) in [5.41, 5.74) is 1.13. The number of carbonyl (C=O) groups is 1. The van der Waals surface area contributed by atoms with Crippen LogP contribution in [0.4, 0.5) is 0 Å². The first kappa shape index (κ1) is 19.2. The predicted octanol–water partition coefficient (Wildman–Crippen LogP) is 2.49. The van der Waals surface area contributed by atoms with Crippen molar-refractivity contribution in [1.82, 2.24) is 10.2 Å². The maximum atomic E-state index is 12.8. The lowest BCUT2D eigenvalue weighted by atomic mass is 9.91. The van der Waals surface area contributed by atoms with Crippen LogP contribution in [0.5, 0.6) is 5.75 Å². The highest BCUT2D eigenvalue weighted by Crippen LogP contribution is 2.27. The van der Waals surface area contributed by atoms with Gasteiger partial charge in [-0.2, -0.15) is 0 Å². The highest BCUT2D eigenvalue weighted by Gasteiger charge is 2.30. The van der Waals surface area contributed by atoms with E-state index in [4.69, 9.17) is 9.47 Å². The zero-order chi connectivity index (χ0) is 18.4. The fourth-order valence-electron chi connectivity index (χ4n) is 4.18. The number of para-hydroxylation sites is 1. The molecule has 0 aromatic heterocycles. The van der Waals surface area contributed by atoms with Crippen molar-refractivity contribution in [3.63, 3.8) is 0 Å². The molecule has 1 saturated heterocycles. The van der Waals surface area contributed by atoms with Crippen molar-refractivity contribution >= 4 is 5.91 Å². The minimum atomic E-state index is -0.100. The quantitative estimate of drug-likeness (QED) is 0.812. The van der Waals surface area contributed by atoms with Gasteiger partial charge in [0.05, 0.1) is 19.1 Å². The number of hydrogen-bond donors (Lipinski definition) is 1. The number of nitrogens with zero attached hydrogens (tertiary/aromatic N) is 1. The van der Waals surface area contributed by atoms with Crippen molar-refractivity contribution in [3.8, 4) is 5.75 Å². The standard InChI is InChI=1S/C21H32N2O3/c1-3-16(4-2)19(23-9-11-25-12-10-23)14-22-21(24)18-13-17-7-5-6-8-20(17)26-15-18/h5-8,16,18-19H,3-4,9-15H2,1-2H3,(H,22,24)/t18-,19+/m1/s1. The SMILES string of the molecule is CCC(CC)[C@H](CNC(=O)[C@H]1COc2ccccc2C1)N1CCOCC1. The molecule has 1 fully saturated rings. The highest BCUT2D eigenvalue weighted by molar-refractivity contribution is 5.79. The molecule has 144 valence electrons. The van der Waals surface area contributed by atoms with Crippen LogP contribution in [0.25, 0.3) is 0 Å². The number of nitrogens with one attached hydrogen (secondary N) is 1. The van der Waals surface area contributed by atoms with Gasteiger partial charge in [-0.05, 0) is 24.0 Å². The second-order valence-corrected chi connectivity index (χ2v) is 7.36. The Morgan fingerprint density at radius 2 is 1.96 bits per heavy atom. The molecule has 1 N–H and O–H groups in total. The maximum Gasteiger partial charge on any atom is 0.226 e. The molecule has 0 bridgehead atoms. The van der Waals surface area contributed by atoms with Crippen LogP contribution < -0.4 is 10.1 Å². The summed E-state index contributed by atoms with van der Waals surface area (Å²) in [7, 11) is 0. The summed E-state index contributed by atoms with van der Waals surface area (Å²) in [6.07, 6.45) is 3.03. The zero-order valence-electron chi connectivity index (χ0n) is 16.1. The van der Waals surface area contributed by atoms with Crippen molar-refractivity contribution in [2.75, 3.05) is 39.5 Å². The van der Waals surface area contributed by atoms with Gasteiger partial charge in [-0.1, -0.05) is 44.9 Å². The van der Waals surface area contributed by atoms with Gasteiger partial charge in [0.25, 0.3) is 0 Å². The number of morpholine rings is 1. The van der Waals surface area contributed by atoms with Crippen LogP contribution in [-0.2, 0) is 16.0 Å². The number of carbonyl (C=O) groups excluding carboxylic acids is 1. The van der Waals surface area contributed by atoms with E-state index in [2.05, 4.69) is 30.1 Å². The van der Waals surface area contributed by atoms with E-state index in [0.29, 0.717) is 25.1 Å². The molecular weight excluding hydrogens is 328 g/mol. The Kier molecular flexibility index (Phi) is 6.92. The summed E-state index contributed by atoms with van der Waals surface area (Å²) in [6, 6.07) is 8.39. The van der Waals surface area contributed by atoms with Crippen molar-refractivity contribution < 1.29 is 14.3 Å². The fourth-order valence-corrected chi connectivity index (χ4v) is 4.18. The molecule has 0 radical (unpaired) electrons. The number of rotatable bonds is 7. The van der Waals surface area contributed by atoms with Gasteiger partial charge >= 0.3 is 0 Å². The Labute approximate surface area is 157 Å². The minimum Gasteiger partial charge on any atom is -0.492 e. The summed E-state index contributed by atoms with van der Waals surface area (Å²) in [4.78, 5) is 15.3. The predicted molar refractivity (Wildman–Crippen MR) is 102 cm³/mol. The van der Waals surface area contributed by atoms with E-state index >= 15 is 0 Å². The van der Waals surface area contributed by atoms with E-state index < -0.39 is 0 Å². The average Bonchev–Trinajstić information content (AvgIpc) is 2.71. The minimum absolute atomic E-state index is 0.100. The highest BCUT2D eigenvalue weighted by atomic mass is 16.5. The first-order valence-corrected chi connectivity index (χ1v) is 10.0. The lowest BCUT2D eigenvalue weighted by molar-refractivity contribution is -0.126. The summed E-state index contributed by atoms with van der Waals surface area (Å²) in [5.74, 6) is 1.53. The van der Waals surface area contributed by atoms with Gasteiger partial charge < -0.3 is 14.8 Å². The number of fused-ring (bicyclic) bond motifs is 1. The Balaban J connectivity index is 1.58. The van der Waals surface area contributed by atoms with Crippen LogP contribution in [0.15, 0.2) is 24.3 Å². The largest absolute Gasteiger partial charge is 0.492 e. The van der Waals surface area contributed by atoms with Gasteiger partial charge in [0, 0.05) is 25.7 Å². The number of benzene rings is 1. The Morgan fingerprint density at radius 3 is 2.69 bits per heavy atom. The Morgan fingerprint density at radius 1 is 1.23 bits per heavy atom. The molecule has 0 spiro atoms. The first-order chi connectivity index (χ1) is 12.7. The van der Waals surface area contributed by atoms with Crippen LogP contribution in [-0.4, -0.2) is 56.3 Å². The maximum absolute atomic E-state index is 12.8. The third-order valence-corrected chi connectivity index (χ3v) is 5.84. The van der Waals surface area contributed by atoms with E-state index in [9.17, 15) is 4.79 Å². The van der Waals surface area contributed by atoms with Crippen molar-refractivity contribution in [3.05, 3.63) is 29.8 Å². The average molecular weight is 360 g/mol. The van der Waals surface area contributed by atoms with Crippen LogP contribution in [0, 0.1) is 11.8 Å². The lowest BCUT2D eigenvalue weighted by Crippen LogP contribution is -2.53. The topological polar surface area (TPSA) is 50.8 Å². The molecule has 5 nitrogen and oxygen atoms in total. The molecule has 5 heteroatoms. The fraction of sp³-hybridized carbons (Fsp3) is 0.667. The molecule has 2 atom stereocenters. The molecule has 2 aliphatic rings. The zero-order valence-corrected chi connectivity index (χ0v) is 16.1. The van der Waals surface area contributed by atoms with Crippen LogP contribution in [0.2, 0.25) is 0 Å². The molecule has 3 rings (SSSR count). The smallest absolute Gasteiger partial charge is 0.226 e. The van der Waals surface area contributed by atoms with Crippen LogP contribution in [0.1, 0.15) is 32.3 Å². The molecule has 2 aliphatic heterocycles. The summed E-state index contributed by atoms with van der Waals surface area (Å²) >= 11 is 0. The monoisotopic (exact) mass is 360 g/mol. The number of amides is 1. The second-order valence-electron chi connectivity index (χ2n) is 7.36. The number of hydrogen-bond acceptors (Lipinski definition) is 4. The molecule has 1 aromatic rings. The molecule has 1 amide bonds.